The minimum atomic E-state index is -0.750. The van der Waals surface area contributed by atoms with Crippen LogP contribution in [0.1, 0.15) is 5.56 Å². The molecule has 0 saturated heterocycles. The second kappa shape index (κ2) is 6.79. The van der Waals surface area contributed by atoms with Crippen LogP contribution in [0.25, 0.3) is 0 Å². The molecule has 0 aromatic carbocycles. The van der Waals surface area contributed by atoms with E-state index in [4.69, 9.17) is 46.4 Å². The van der Waals surface area contributed by atoms with Crippen LogP contribution >= 0.6 is 46.4 Å². The van der Waals surface area contributed by atoms with Gasteiger partial charge < -0.3 is 0 Å². The lowest BCUT2D eigenvalue weighted by atomic mass is 10.3. The van der Waals surface area contributed by atoms with Gasteiger partial charge in [-0.1, -0.05) is 52.5 Å². The molecule has 0 saturated carbocycles. The minimum absolute atomic E-state index is 0.551. The highest BCUT2D eigenvalue weighted by Gasteiger charge is 1.83. The van der Waals surface area contributed by atoms with Crippen molar-refractivity contribution in [1.29, 1.82) is 0 Å². The van der Waals surface area contributed by atoms with Crippen LogP contribution in [-0.2, 0) is 0 Å². The first-order valence-electron chi connectivity index (χ1n) is 3.02. The van der Waals surface area contributed by atoms with Gasteiger partial charge >= 0.3 is 0 Å². The zero-order valence-corrected chi connectivity index (χ0v) is 9.29. The van der Waals surface area contributed by atoms with E-state index in [-0.39, 0.29) is 0 Å². The second-order valence-electron chi connectivity index (χ2n) is 1.91. The van der Waals surface area contributed by atoms with E-state index < -0.39 is 4.30 Å². The van der Waals surface area contributed by atoms with E-state index in [2.05, 4.69) is 4.98 Å². The summed E-state index contributed by atoms with van der Waals surface area (Å²) in [5.41, 5.74) is 1.13. The monoisotopic (exact) mass is 245 g/mol. The van der Waals surface area contributed by atoms with Gasteiger partial charge in [0.2, 0.25) is 0 Å². The van der Waals surface area contributed by atoms with E-state index in [1.807, 2.05) is 13.0 Å². The van der Waals surface area contributed by atoms with Crippen LogP contribution in [0.2, 0.25) is 5.15 Å². The van der Waals surface area contributed by atoms with Crippen LogP contribution in [-0.4, -0.2) is 9.28 Å². The molecule has 0 aliphatic carbocycles. The maximum atomic E-state index is 5.50. The van der Waals surface area contributed by atoms with Gasteiger partial charge in [0.05, 0.1) is 0 Å². The lowest BCUT2D eigenvalue weighted by Crippen LogP contribution is -1.73. The fraction of sp³-hybridized carbons (Fsp3) is 0.286. The fourth-order valence-corrected chi connectivity index (χ4v) is 0.562. The van der Waals surface area contributed by atoms with Crippen LogP contribution < -0.4 is 0 Å². The van der Waals surface area contributed by atoms with E-state index >= 15 is 0 Å². The Kier molecular flexibility index (Phi) is 6.96. The van der Waals surface area contributed by atoms with Crippen molar-refractivity contribution in [3.63, 3.8) is 0 Å². The van der Waals surface area contributed by atoms with Gasteiger partial charge in [-0.15, -0.1) is 0 Å². The summed E-state index contributed by atoms with van der Waals surface area (Å²) < 4.78 is -0.750. The maximum absolute atomic E-state index is 5.50. The Labute approximate surface area is 91.6 Å². The molecule has 12 heavy (non-hydrogen) atoms. The molecule has 0 aliphatic rings. The van der Waals surface area contributed by atoms with E-state index in [0.29, 0.717) is 5.15 Å². The highest BCUT2D eigenvalue weighted by Crippen LogP contribution is 2.03. The number of aromatic nitrogens is 1. The highest BCUT2D eigenvalue weighted by molar-refractivity contribution is 6.63. The van der Waals surface area contributed by atoms with Gasteiger partial charge in [0.25, 0.3) is 0 Å². The molecule has 1 rings (SSSR count). The van der Waals surface area contributed by atoms with Crippen molar-refractivity contribution in [1.82, 2.24) is 4.98 Å². The third kappa shape index (κ3) is 8.41. The van der Waals surface area contributed by atoms with Gasteiger partial charge in [-0.05, 0) is 18.6 Å². The molecule has 1 aromatic heterocycles. The maximum Gasteiger partial charge on any atom is 0.180 e. The Morgan fingerprint density at radius 3 is 2.00 bits per heavy atom. The van der Waals surface area contributed by atoms with Crippen molar-refractivity contribution in [3.8, 4) is 0 Å². The first kappa shape index (κ1) is 12.3. The van der Waals surface area contributed by atoms with E-state index in [1.165, 1.54) is 0 Å². The quantitative estimate of drug-likeness (QED) is 0.498. The number of nitrogens with zero attached hydrogens (tertiary/aromatic N) is 1. The number of hydrogen-bond donors (Lipinski definition) is 0. The van der Waals surface area contributed by atoms with Gasteiger partial charge in [-0.3, -0.25) is 0 Å². The minimum Gasteiger partial charge on any atom is -0.244 e. The molecule has 0 fully saturated rings. The van der Waals surface area contributed by atoms with E-state index in [0.717, 1.165) is 5.56 Å². The average molecular weight is 247 g/mol. The summed E-state index contributed by atoms with van der Waals surface area (Å²) in [6.07, 6.45) is 1.74. The van der Waals surface area contributed by atoms with Gasteiger partial charge in [-0.2, -0.15) is 0 Å². The van der Waals surface area contributed by atoms with E-state index in [9.17, 15) is 0 Å². The first-order valence-corrected chi connectivity index (χ1v) is 4.71. The van der Waals surface area contributed by atoms with Gasteiger partial charge in [0.15, 0.2) is 4.30 Å². The molecule has 0 amide bonds. The number of rotatable bonds is 0. The molecule has 0 radical (unpaired) electrons. The molecular formula is C7H7Cl4N. The predicted molar refractivity (Wildman–Crippen MR) is 55.3 cm³/mol. The number of aryl methyl sites for hydroxylation is 1. The summed E-state index contributed by atoms with van der Waals surface area (Å²) in [5.74, 6) is 0. The predicted octanol–water partition coefficient (Wildman–Crippen LogP) is 4.03. The summed E-state index contributed by atoms with van der Waals surface area (Å²) in [7, 11) is 0. The van der Waals surface area contributed by atoms with Crippen molar-refractivity contribution in [2.24, 2.45) is 0 Å². The van der Waals surface area contributed by atoms with Crippen LogP contribution in [0.15, 0.2) is 18.3 Å². The SMILES string of the molecule is Cc1ccc(Cl)nc1.ClC(Cl)Cl. The Hall–Kier alpha value is 0.310. The van der Waals surface area contributed by atoms with Crippen molar-refractivity contribution < 1.29 is 0 Å². The third-order valence-electron chi connectivity index (χ3n) is 0.875. The summed E-state index contributed by atoms with van der Waals surface area (Å²) >= 11 is 19.9. The molecule has 1 nitrogen and oxygen atoms in total. The van der Waals surface area contributed by atoms with Crippen molar-refractivity contribution in [2.45, 2.75) is 11.2 Å². The lowest BCUT2D eigenvalue weighted by Gasteiger charge is -1.87. The zero-order chi connectivity index (χ0) is 9.56. The number of hydrogen-bond acceptors (Lipinski definition) is 1. The number of halogens is 4. The Morgan fingerprint density at radius 2 is 1.75 bits per heavy atom. The molecule has 5 heteroatoms. The molecule has 1 heterocycles. The molecule has 0 atom stereocenters. The standard InChI is InChI=1S/C6H6ClN.CHCl3/c1-5-2-3-6(7)8-4-5;2-1(3)4/h2-4H,1H3;1H. The van der Waals surface area contributed by atoms with Crippen LogP contribution in [0.4, 0.5) is 0 Å². The molecule has 1 aromatic rings. The fourth-order valence-electron chi connectivity index (χ4n) is 0.450. The molecule has 0 N–H and O–H groups in total. The van der Waals surface area contributed by atoms with E-state index in [1.54, 1.807) is 12.3 Å². The topological polar surface area (TPSA) is 12.9 Å². The van der Waals surface area contributed by atoms with Crippen molar-refractivity contribution in [3.05, 3.63) is 29.0 Å². The second-order valence-corrected chi connectivity index (χ2v) is 4.27. The number of pyridine rings is 1. The average Bonchev–Trinajstić information content (AvgIpc) is 1.94. The van der Waals surface area contributed by atoms with Crippen LogP contribution in [0, 0.1) is 6.92 Å². The Morgan fingerprint density at radius 1 is 1.25 bits per heavy atom. The number of alkyl halides is 3. The molecule has 0 spiro atoms. The van der Waals surface area contributed by atoms with Gasteiger partial charge in [0.1, 0.15) is 5.15 Å². The molecule has 0 bridgehead atoms. The van der Waals surface area contributed by atoms with Crippen LogP contribution in [0.5, 0.6) is 0 Å². The van der Waals surface area contributed by atoms with Gasteiger partial charge in [0, 0.05) is 6.20 Å². The molecular weight excluding hydrogens is 240 g/mol. The van der Waals surface area contributed by atoms with Crippen LogP contribution in [0.3, 0.4) is 0 Å². The lowest BCUT2D eigenvalue weighted by molar-refractivity contribution is 1.27. The Bertz CT molecular complexity index is 185. The normalized spacial score (nSPS) is 9.17. The smallest absolute Gasteiger partial charge is 0.180 e. The van der Waals surface area contributed by atoms with Gasteiger partial charge in [-0.25, -0.2) is 4.98 Å². The summed E-state index contributed by atoms with van der Waals surface area (Å²) in [4.78, 5) is 3.84. The van der Waals surface area contributed by atoms with Crippen molar-refractivity contribution in [2.75, 3.05) is 0 Å². The molecule has 68 valence electrons. The summed E-state index contributed by atoms with van der Waals surface area (Å²) in [6.45, 7) is 1.98. The first-order chi connectivity index (χ1) is 5.52. The zero-order valence-electron chi connectivity index (χ0n) is 6.27. The highest BCUT2D eigenvalue weighted by atomic mass is 35.6. The Balaban J connectivity index is 0.000000261. The summed E-state index contributed by atoms with van der Waals surface area (Å²) in [5, 5.41) is 0.551. The molecule has 0 unspecified atom stereocenters. The molecule has 0 aliphatic heterocycles. The van der Waals surface area contributed by atoms with Crippen molar-refractivity contribution >= 4 is 46.4 Å². The third-order valence-corrected chi connectivity index (χ3v) is 1.10. The largest absolute Gasteiger partial charge is 0.244 e. The summed E-state index contributed by atoms with van der Waals surface area (Å²) in [6, 6.07) is 3.70.